The van der Waals surface area contributed by atoms with Crippen LogP contribution >= 0.6 is 11.6 Å². The van der Waals surface area contributed by atoms with Crippen molar-refractivity contribution >= 4 is 17.3 Å². The quantitative estimate of drug-likeness (QED) is 0.846. The van der Waals surface area contributed by atoms with E-state index >= 15 is 0 Å². The van der Waals surface area contributed by atoms with Crippen LogP contribution in [0.15, 0.2) is 18.2 Å². The Morgan fingerprint density at radius 1 is 1.38 bits per heavy atom. The van der Waals surface area contributed by atoms with Crippen LogP contribution < -0.4 is 10.2 Å². The predicted octanol–water partition coefficient (Wildman–Crippen LogP) is 3.29. The molecule has 2 rings (SSSR count). The number of rotatable bonds is 6. The molecule has 1 aromatic carbocycles. The molecule has 0 spiro atoms. The third-order valence-corrected chi connectivity index (χ3v) is 4.40. The molecule has 0 saturated carbocycles. The monoisotopic (exact) mass is 310 g/mol. The minimum absolute atomic E-state index is 0.239. The lowest BCUT2D eigenvalue weighted by Gasteiger charge is -2.23. The SMILES string of the molecule is CC(C)CNCc1ccc(Cl)cc1N1CCC(C(C)O)C1. The maximum atomic E-state index is 9.78. The van der Waals surface area contributed by atoms with E-state index in [4.69, 9.17) is 11.6 Å². The number of halogens is 1. The van der Waals surface area contributed by atoms with Gasteiger partial charge in [-0.2, -0.15) is 0 Å². The van der Waals surface area contributed by atoms with E-state index in [2.05, 4.69) is 36.2 Å². The van der Waals surface area contributed by atoms with Gasteiger partial charge in [-0.25, -0.2) is 0 Å². The van der Waals surface area contributed by atoms with Crippen molar-refractivity contribution in [3.63, 3.8) is 0 Å². The summed E-state index contributed by atoms with van der Waals surface area (Å²) in [5, 5.41) is 14.1. The maximum absolute atomic E-state index is 9.78. The summed E-state index contributed by atoms with van der Waals surface area (Å²) >= 11 is 6.18. The second-order valence-electron chi connectivity index (χ2n) is 6.53. The molecule has 1 heterocycles. The van der Waals surface area contributed by atoms with Gasteiger partial charge in [0, 0.05) is 36.3 Å². The molecule has 2 atom stereocenters. The molecule has 0 amide bonds. The molecule has 118 valence electrons. The number of hydrogen-bond acceptors (Lipinski definition) is 3. The van der Waals surface area contributed by atoms with Crippen molar-refractivity contribution in [1.82, 2.24) is 5.32 Å². The van der Waals surface area contributed by atoms with E-state index in [0.29, 0.717) is 11.8 Å². The van der Waals surface area contributed by atoms with E-state index in [1.165, 1.54) is 11.3 Å². The van der Waals surface area contributed by atoms with Gasteiger partial charge in [0.2, 0.25) is 0 Å². The summed E-state index contributed by atoms with van der Waals surface area (Å²) in [7, 11) is 0. The highest BCUT2D eigenvalue weighted by Gasteiger charge is 2.27. The average Bonchev–Trinajstić information content (AvgIpc) is 2.89. The zero-order chi connectivity index (χ0) is 15.4. The first-order valence-corrected chi connectivity index (χ1v) is 8.27. The Morgan fingerprint density at radius 2 is 2.14 bits per heavy atom. The number of nitrogens with one attached hydrogen (secondary N) is 1. The highest BCUT2D eigenvalue weighted by atomic mass is 35.5. The molecular weight excluding hydrogens is 284 g/mol. The zero-order valence-corrected chi connectivity index (χ0v) is 14.0. The van der Waals surface area contributed by atoms with Crippen LogP contribution in [0.1, 0.15) is 32.8 Å². The van der Waals surface area contributed by atoms with Crippen LogP contribution in [0.2, 0.25) is 5.02 Å². The van der Waals surface area contributed by atoms with Crippen molar-refractivity contribution in [2.75, 3.05) is 24.5 Å². The average molecular weight is 311 g/mol. The van der Waals surface area contributed by atoms with E-state index in [1.54, 1.807) is 0 Å². The second-order valence-corrected chi connectivity index (χ2v) is 6.97. The molecular formula is C17H27ClN2O. The first-order valence-electron chi connectivity index (χ1n) is 7.89. The summed E-state index contributed by atoms with van der Waals surface area (Å²) in [5.74, 6) is 1.01. The molecule has 1 aromatic rings. The Bertz CT molecular complexity index is 462. The first-order chi connectivity index (χ1) is 9.97. The van der Waals surface area contributed by atoms with Crippen LogP contribution in [0.3, 0.4) is 0 Å². The topological polar surface area (TPSA) is 35.5 Å². The lowest BCUT2D eigenvalue weighted by Crippen LogP contribution is -2.26. The summed E-state index contributed by atoms with van der Waals surface area (Å²) in [5.41, 5.74) is 2.49. The number of aliphatic hydroxyl groups is 1. The number of anilines is 1. The highest BCUT2D eigenvalue weighted by Crippen LogP contribution is 2.30. The van der Waals surface area contributed by atoms with Gasteiger partial charge in [-0.1, -0.05) is 31.5 Å². The predicted molar refractivity (Wildman–Crippen MR) is 90.0 cm³/mol. The molecule has 2 unspecified atom stereocenters. The molecule has 4 heteroatoms. The smallest absolute Gasteiger partial charge is 0.0557 e. The van der Waals surface area contributed by atoms with E-state index < -0.39 is 0 Å². The van der Waals surface area contributed by atoms with Crippen LogP contribution in [0.25, 0.3) is 0 Å². The fraction of sp³-hybridized carbons (Fsp3) is 0.647. The lowest BCUT2D eigenvalue weighted by atomic mass is 10.0. The van der Waals surface area contributed by atoms with Crippen LogP contribution in [-0.2, 0) is 6.54 Å². The fourth-order valence-electron chi connectivity index (χ4n) is 2.88. The Morgan fingerprint density at radius 3 is 2.76 bits per heavy atom. The fourth-order valence-corrected chi connectivity index (χ4v) is 3.04. The van der Waals surface area contributed by atoms with E-state index in [-0.39, 0.29) is 6.10 Å². The molecule has 0 aliphatic carbocycles. The minimum atomic E-state index is -0.239. The first kappa shape index (κ1) is 16.6. The van der Waals surface area contributed by atoms with Crippen molar-refractivity contribution in [3.8, 4) is 0 Å². The Balaban J connectivity index is 2.08. The van der Waals surface area contributed by atoms with Gasteiger partial charge >= 0.3 is 0 Å². The highest BCUT2D eigenvalue weighted by molar-refractivity contribution is 6.30. The minimum Gasteiger partial charge on any atom is -0.393 e. The number of aliphatic hydroxyl groups excluding tert-OH is 1. The lowest BCUT2D eigenvalue weighted by molar-refractivity contribution is 0.136. The Kier molecular flexibility index (Phi) is 5.91. The van der Waals surface area contributed by atoms with Crippen LogP contribution in [0.4, 0.5) is 5.69 Å². The van der Waals surface area contributed by atoms with Gasteiger partial charge in [-0.15, -0.1) is 0 Å². The molecule has 3 nitrogen and oxygen atoms in total. The van der Waals surface area contributed by atoms with Crippen molar-refractivity contribution in [2.45, 2.75) is 39.8 Å². The van der Waals surface area contributed by atoms with Crippen molar-refractivity contribution in [2.24, 2.45) is 11.8 Å². The molecule has 0 radical (unpaired) electrons. The summed E-state index contributed by atoms with van der Waals surface area (Å²) in [6, 6.07) is 6.12. The van der Waals surface area contributed by atoms with Gasteiger partial charge in [0.05, 0.1) is 6.10 Å². The molecule has 0 aromatic heterocycles. The van der Waals surface area contributed by atoms with E-state index in [0.717, 1.165) is 37.6 Å². The molecule has 0 bridgehead atoms. The van der Waals surface area contributed by atoms with Crippen molar-refractivity contribution < 1.29 is 5.11 Å². The largest absolute Gasteiger partial charge is 0.393 e. The summed E-state index contributed by atoms with van der Waals surface area (Å²) in [6.07, 6.45) is 0.806. The van der Waals surface area contributed by atoms with Gasteiger partial charge < -0.3 is 15.3 Å². The van der Waals surface area contributed by atoms with Crippen LogP contribution in [0.5, 0.6) is 0 Å². The molecule has 2 N–H and O–H groups in total. The second kappa shape index (κ2) is 7.48. The molecule has 1 aliphatic heterocycles. The van der Waals surface area contributed by atoms with Gasteiger partial charge in [-0.3, -0.25) is 0 Å². The number of hydrogen-bond donors (Lipinski definition) is 2. The maximum Gasteiger partial charge on any atom is 0.0557 e. The van der Waals surface area contributed by atoms with Crippen LogP contribution in [-0.4, -0.2) is 30.8 Å². The normalized spacial score (nSPS) is 20.3. The Hall–Kier alpha value is -0.770. The number of nitrogens with zero attached hydrogens (tertiary/aromatic N) is 1. The molecule has 1 saturated heterocycles. The molecule has 21 heavy (non-hydrogen) atoms. The summed E-state index contributed by atoms with van der Waals surface area (Å²) in [6.45, 7) is 10.1. The van der Waals surface area contributed by atoms with Gasteiger partial charge in [0.1, 0.15) is 0 Å². The van der Waals surface area contributed by atoms with E-state index in [1.807, 2.05) is 13.0 Å². The van der Waals surface area contributed by atoms with Gasteiger partial charge in [0.25, 0.3) is 0 Å². The van der Waals surface area contributed by atoms with Crippen molar-refractivity contribution in [1.29, 1.82) is 0 Å². The summed E-state index contributed by atoms with van der Waals surface area (Å²) in [4.78, 5) is 2.36. The number of benzene rings is 1. The zero-order valence-electron chi connectivity index (χ0n) is 13.3. The van der Waals surface area contributed by atoms with Gasteiger partial charge in [0.15, 0.2) is 0 Å². The van der Waals surface area contributed by atoms with E-state index in [9.17, 15) is 5.11 Å². The molecule has 1 fully saturated rings. The standard InChI is InChI=1S/C17H27ClN2O/c1-12(2)9-19-10-14-4-5-16(18)8-17(14)20-7-6-15(11-20)13(3)21/h4-5,8,12-13,15,19,21H,6-7,9-11H2,1-3H3. The third-order valence-electron chi connectivity index (χ3n) is 4.16. The van der Waals surface area contributed by atoms with Gasteiger partial charge in [-0.05, 0) is 43.5 Å². The van der Waals surface area contributed by atoms with Crippen molar-refractivity contribution in [3.05, 3.63) is 28.8 Å². The molecule has 1 aliphatic rings. The summed E-state index contributed by atoms with van der Waals surface area (Å²) < 4.78 is 0. The third kappa shape index (κ3) is 4.60. The Labute approximate surface area is 133 Å². The van der Waals surface area contributed by atoms with Crippen LogP contribution in [0, 0.1) is 11.8 Å².